The fraction of sp³-hybridized carbons (Fsp3) is 0.588. The van der Waals surface area contributed by atoms with Gasteiger partial charge in [0, 0.05) is 6.54 Å². The van der Waals surface area contributed by atoms with Gasteiger partial charge in [0.25, 0.3) is 0 Å². The van der Waals surface area contributed by atoms with Crippen LogP contribution in [0.4, 0.5) is 0 Å². The highest BCUT2D eigenvalue weighted by Gasteiger charge is 2.15. The molecule has 1 atom stereocenters. The lowest BCUT2D eigenvalue weighted by molar-refractivity contribution is 0.0600. The molecule has 0 saturated heterocycles. The van der Waals surface area contributed by atoms with Gasteiger partial charge in [-0.2, -0.15) is 0 Å². The van der Waals surface area contributed by atoms with E-state index in [9.17, 15) is 13.2 Å². The van der Waals surface area contributed by atoms with Crippen LogP contribution in [0.15, 0.2) is 24.3 Å². The smallest absolute Gasteiger partial charge is 0.337 e. The average molecular weight is 341 g/mol. The van der Waals surface area contributed by atoms with Crippen LogP contribution in [0.5, 0.6) is 0 Å². The third-order valence-electron chi connectivity index (χ3n) is 3.87. The zero-order valence-corrected chi connectivity index (χ0v) is 15.0. The summed E-state index contributed by atoms with van der Waals surface area (Å²) in [6.45, 7) is 4.70. The Morgan fingerprint density at radius 2 is 1.87 bits per heavy atom. The van der Waals surface area contributed by atoms with E-state index >= 15 is 0 Å². The molecular weight excluding hydrogens is 314 g/mol. The molecule has 0 radical (unpaired) electrons. The Morgan fingerprint density at radius 1 is 1.22 bits per heavy atom. The molecule has 0 aromatic heterocycles. The standard InChI is InChI=1S/C17H27NO4S/c1-4-6-7-14(5-2)12-18-23(20,21)13-15-8-10-16(11-9-15)17(19)22-3/h8-11,14,18H,4-7,12-13H2,1-3H3/t14-/m0/s1. The highest BCUT2D eigenvalue weighted by Crippen LogP contribution is 2.13. The van der Waals surface area contributed by atoms with Gasteiger partial charge < -0.3 is 4.74 Å². The van der Waals surface area contributed by atoms with Gasteiger partial charge in [0.2, 0.25) is 10.0 Å². The number of sulfonamides is 1. The monoisotopic (exact) mass is 341 g/mol. The second-order valence-electron chi connectivity index (χ2n) is 5.71. The molecule has 0 aliphatic carbocycles. The van der Waals surface area contributed by atoms with E-state index in [4.69, 9.17) is 0 Å². The van der Waals surface area contributed by atoms with Crippen LogP contribution in [0.2, 0.25) is 0 Å². The van der Waals surface area contributed by atoms with Crippen molar-refractivity contribution in [1.82, 2.24) is 4.72 Å². The lowest BCUT2D eigenvalue weighted by Gasteiger charge is -2.15. The molecule has 0 unspecified atom stereocenters. The van der Waals surface area contributed by atoms with E-state index in [2.05, 4.69) is 23.3 Å². The highest BCUT2D eigenvalue weighted by atomic mass is 32.2. The summed E-state index contributed by atoms with van der Waals surface area (Å²) in [6.07, 6.45) is 4.25. The molecule has 0 fully saturated rings. The zero-order chi connectivity index (χ0) is 17.3. The van der Waals surface area contributed by atoms with Crippen LogP contribution in [0.25, 0.3) is 0 Å². The van der Waals surface area contributed by atoms with Gasteiger partial charge in [0.05, 0.1) is 18.4 Å². The lowest BCUT2D eigenvalue weighted by Crippen LogP contribution is -2.30. The molecule has 0 spiro atoms. The third kappa shape index (κ3) is 7.14. The van der Waals surface area contributed by atoms with Crippen molar-refractivity contribution in [1.29, 1.82) is 0 Å². The second-order valence-corrected chi connectivity index (χ2v) is 7.52. The quantitative estimate of drug-likeness (QED) is 0.664. The van der Waals surface area contributed by atoms with Gasteiger partial charge in [0.1, 0.15) is 0 Å². The van der Waals surface area contributed by atoms with Gasteiger partial charge in [-0.05, 0) is 30.0 Å². The Labute approximate surface area is 139 Å². The number of hydrogen-bond acceptors (Lipinski definition) is 4. The van der Waals surface area contributed by atoms with Crippen LogP contribution in [0, 0.1) is 5.92 Å². The van der Waals surface area contributed by atoms with Crippen LogP contribution in [0.1, 0.15) is 55.5 Å². The summed E-state index contributed by atoms with van der Waals surface area (Å²) in [7, 11) is -2.06. The fourth-order valence-electron chi connectivity index (χ4n) is 2.31. The number of methoxy groups -OCH3 is 1. The van der Waals surface area contributed by atoms with Crippen LogP contribution >= 0.6 is 0 Å². The first-order valence-corrected chi connectivity index (χ1v) is 9.71. The number of nitrogens with one attached hydrogen (secondary N) is 1. The number of carbonyl (C=O) groups is 1. The maximum absolute atomic E-state index is 12.2. The molecule has 0 aliphatic rings. The van der Waals surface area contributed by atoms with E-state index in [1.54, 1.807) is 24.3 Å². The molecule has 6 heteroatoms. The first-order chi connectivity index (χ1) is 10.9. The predicted molar refractivity (Wildman–Crippen MR) is 91.7 cm³/mol. The molecule has 23 heavy (non-hydrogen) atoms. The number of unbranched alkanes of at least 4 members (excludes halogenated alkanes) is 1. The normalized spacial score (nSPS) is 12.8. The Bertz CT molecular complexity index is 581. The average Bonchev–Trinajstić information content (AvgIpc) is 2.54. The van der Waals surface area contributed by atoms with Gasteiger partial charge in [-0.15, -0.1) is 0 Å². The summed E-state index contributed by atoms with van der Waals surface area (Å²) in [5.41, 5.74) is 1.05. The minimum absolute atomic E-state index is 0.0847. The Kier molecular flexibility index (Phi) is 8.26. The van der Waals surface area contributed by atoms with Crippen molar-refractivity contribution in [3.63, 3.8) is 0 Å². The van der Waals surface area contributed by atoms with Crippen molar-refractivity contribution in [3.05, 3.63) is 35.4 Å². The van der Waals surface area contributed by atoms with Crippen LogP contribution in [0.3, 0.4) is 0 Å². The summed E-state index contributed by atoms with van der Waals surface area (Å²) >= 11 is 0. The molecule has 1 N–H and O–H groups in total. The topological polar surface area (TPSA) is 72.5 Å². The molecule has 0 bridgehead atoms. The number of benzene rings is 1. The molecule has 1 aromatic carbocycles. The van der Waals surface area contributed by atoms with Crippen LogP contribution < -0.4 is 4.72 Å². The number of ether oxygens (including phenoxy) is 1. The van der Waals surface area contributed by atoms with E-state index in [0.717, 1.165) is 25.7 Å². The number of esters is 1. The van der Waals surface area contributed by atoms with Crippen molar-refractivity contribution in [3.8, 4) is 0 Å². The van der Waals surface area contributed by atoms with Crippen LogP contribution in [-0.2, 0) is 20.5 Å². The van der Waals surface area contributed by atoms with Gasteiger partial charge >= 0.3 is 5.97 Å². The van der Waals surface area contributed by atoms with Gasteiger partial charge in [-0.1, -0.05) is 45.2 Å². The van der Waals surface area contributed by atoms with Gasteiger partial charge in [0.15, 0.2) is 0 Å². The lowest BCUT2D eigenvalue weighted by atomic mass is 10.00. The van der Waals surface area contributed by atoms with E-state index in [-0.39, 0.29) is 5.75 Å². The van der Waals surface area contributed by atoms with Crippen LogP contribution in [-0.4, -0.2) is 28.0 Å². The molecular formula is C17H27NO4S. The molecule has 130 valence electrons. The summed E-state index contributed by atoms with van der Waals surface area (Å²) in [6, 6.07) is 6.43. The molecule has 1 rings (SSSR count). The highest BCUT2D eigenvalue weighted by molar-refractivity contribution is 7.88. The largest absolute Gasteiger partial charge is 0.465 e. The molecule has 5 nitrogen and oxygen atoms in total. The first-order valence-electron chi connectivity index (χ1n) is 8.06. The Hall–Kier alpha value is -1.40. The third-order valence-corrected chi connectivity index (χ3v) is 5.19. The van der Waals surface area contributed by atoms with Crippen molar-refractivity contribution in [2.24, 2.45) is 5.92 Å². The number of rotatable bonds is 10. The van der Waals surface area contributed by atoms with Crippen molar-refractivity contribution in [2.75, 3.05) is 13.7 Å². The maximum atomic E-state index is 12.2. The van der Waals surface area contributed by atoms with E-state index in [0.29, 0.717) is 23.6 Å². The molecule has 0 aliphatic heterocycles. The summed E-state index contributed by atoms with van der Waals surface area (Å²) in [5.74, 6) is -0.135. The van der Waals surface area contributed by atoms with E-state index in [1.807, 2.05) is 0 Å². The van der Waals surface area contributed by atoms with Gasteiger partial charge in [-0.3, -0.25) is 0 Å². The second kappa shape index (κ2) is 9.67. The summed E-state index contributed by atoms with van der Waals surface area (Å²) in [4.78, 5) is 11.4. The zero-order valence-electron chi connectivity index (χ0n) is 14.2. The molecule has 0 heterocycles. The molecule has 0 amide bonds. The Morgan fingerprint density at radius 3 is 2.39 bits per heavy atom. The first kappa shape index (κ1) is 19.6. The predicted octanol–water partition coefficient (Wildman–Crippen LogP) is 3.11. The van der Waals surface area contributed by atoms with Crippen molar-refractivity contribution in [2.45, 2.75) is 45.3 Å². The number of carbonyl (C=O) groups excluding carboxylic acids is 1. The number of hydrogen-bond donors (Lipinski definition) is 1. The van der Waals surface area contributed by atoms with Crippen molar-refractivity contribution >= 4 is 16.0 Å². The summed E-state index contributed by atoms with van der Waals surface area (Å²) in [5, 5.41) is 0. The SMILES string of the molecule is CCCC[C@H](CC)CNS(=O)(=O)Cc1ccc(C(=O)OC)cc1. The molecule has 1 aromatic rings. The molecule has 0 saturated carbocycles. The van der Waals surface area contributed by atoms with E-state index in [1.165, 1.54) is 7.11 Å². The van der Waals surface area contributed by atoms with E-state index < -0.39 is 16.0 Å². The summed E-state index contributed by atoms with van der Waals surface area (Å²) < 4.78 is 31.6. The van der Waals surface area contributed by atoms with Crippen molar-refractivity contribution < 1.29 is 17.9 Å². The Balaban J connectivity index is 2.59. The van der Waals surface area contributed by atoms with Gasteiger partial charge in [-0.25, -0.2) is 17.9 Å². The fourth-order valence-corrected chi connectivity index (χ4v) is 3.54. The maximum Gasteiger partial charge on any atom is 0.337 e. The minimum Gasteiger partial charge on any atom is -0.465 e. The minimum atomic E-state index is -3.37.